The van der Waals surface area contributed by atoms with Gasteiger partial charge in [0.15, 0.2) is 0 Å². The van der Waals surface area contributed by atoms with Crippen LogP contribution in [0.4, 0.5) is 5.69 Å². The van der Waals surface area contributed by atoms with Crippen molar-refractivity contribution in [2.24, 2.45) is 0 Å². The van der Waals surface area contributed by atoms with Gasteiger partial charge in [0, 0.05) is 7.05 Å². The van der Waals surface area contributed by atoms with Gasteiger partial charge in [-0.15, -0.1) is 0 Å². The zero-order valence-electron chi connectivity index (χ0n) is 12.5. The maximum Gasteiger partial charge on any atom is 0.258 e. The molecule has 3 rings (SSSR count). The molecule has 0 amide bonds. The van der Waals surface area contributed by atoms with Gasteiger partial charge in [0.05, 0.1) is 30.2 Å². The molecule has 0 unspecified atom stereocenters. The maximum atomic E-state index is 12.1. The van der Waals surface area contributed by atoms with Crippen molar-refractivity contribution in [1.82, 2.24) is 9.97 Å². The molecule has 0 bridgehead atoms. The quantitative estimate of drug-likeness (QED) is 0.803. The molecule has 5 nitrogen and oxygen atoms in total. The van der Waals surface area contributed by atoms with Gasteiger partial charge in [-0.25, -0.2) is 4.98 Å². The second-order valence-electron chi connectivity index (χ2n) is 5.06. The van der Waals surface area contributed by atoms with Gasteiger partial charge in [-0.3, -0.25) is 4.79 Å². The molecule has 0 aliphatic carbocycles. The fourth-order valence-corrected chi connectivity index (χ4v) is 2.46. The fraction of sp³-hybridized carbons (Fsp3) is 0.176. The number of nitrogens with one attached hydrogen (secondary N) is 1. The lowest BCUT2D eigenvalue weighted by atomic mass is 10.2. The summed E-state index contributed by atoms with van der Waals surface area (Å²) in [6.07, 6.45) is 0. The topological polar surface area (TPSA) is 58.2 Å². The first-order chi connectivity index (χ1) is 10.7. The van der Waals surface area contributed by atoms with Gasteiger partial charge in [0.1, 0.15) is 11.6 Å². The Morgan fingerprint density at radius 3 is 2.68 bits per heavy atom. The molecular formula is C17H17N3O2. The van der Waals surface area contributed by atoms with E-state index in [0.717, 1.165) is 11.4 Å². The average Bonchev–Trinajstić information content (AvgIpc) is 2.55. The minimum absolute atomic E-state index is 0.117. The third kappa shape index (κ3) is 2.65. The molecule has 1 heterocycles. The molecule has 1 aromatic heterocycles. The van der Waals surface area contributed by atoms with Crippen LogP contribution in [-0.2, 0) is 6.54 Å². The standard InChI is InChI=1S/C17H17N3O2/c1-20(14-9-5-6-10-15(14)22-2)11-16-18-13-8-4-3-7-12(13)17(21)19-16/h3-10H,11H2,1-2H3,(H,18,19,21). The largest absolute Gasteiger partial charge is 0.495 e. The van der Waals surface area contributed by atoms with Crippen molar-refractivity contribution in [3.8, 4) is 5.75 Å². The smallest absolute Gasteiger partial charge is 0.258 e. The fourth-order valence-electron chi connectivity index (χ4n) is 2.46. The number of anilines is 1. The van der Waals surface area contributed by atoms with Gasteiger partial charge in [0.25, 0.3) is 5.56 Å². The Morgan fingerprint density at radius 1 is 1.14 bits per heavy atom. The molecule has 0 saturated carbocycles. The molecule has 2 aromatic carbocycles. The number of rotatable bonds is 4. The van der Waals surface area contributed by atoms with Gasteiger partial charge in [-0.2, -0.15) is 0 Å². The molecule has 0 spiro atoms. The number of benzene rings is 2. The Kier molecular flexibility index (Phi) is 3.78. The number of hydrogen-bond acceptors (Lipinski definition) is 4. The highest BCUT2D eigenvalue weighted by atomic mass is 16.5. The van der Waals surface area contributed by atoms with Crippen LogP contribution in [0.15, 0.2) is 53.3 Å². The first-order valence-corrected chi connectivity index (χ1v) is 7.01. The molecular weight excluding hydrogens is 278 g/mol. The van der Waals surface area contributed by atoms with E-state index >= 15 is 0 Å². The van der Waals surface area contributed by atoms with E-state index in [2.05, 4.69) is 9.97 Å². The molecule has 22 heavy (non-hydrogen) atoms. The third-order valence-electron chi connectivity index (χ3n) is 3.55. The van der Waals surface area contributed by atoms with Gasteiger partial charge < -0.3 is 14.6 Å². The first kappa shape index (κ1) is 14.1. The first-order valence-electron chi connectivity index (χ1n) is 7.01. The van der Waals surface area contributed by atoms with Crippen LogP contribution in [0.1, 0.15) is 5.82 Å². The SMILES string of the molecule is COc1ccccc1N(C)Cc1nc2ccccc2c(=O)[nH]1. The van der Waals surface area contributed by atoms with Crippen LogP contribution in [-0.4, -0.2) is 24.1 Å². The van der Waals surface area contributed by atoms with E-state index in [-0.39, 0.29) is 5.56 Å². The van der Waals surface area contributed by atoms with Crippen molar-refractivity contribution in [3.05, 3.63) is 64.7 Å². The van der Waals surface area contributed by atoms with E-state index in [9.17, 15) is 4.79 Å². The maximum absolute atomic E-state index is 12.1. The van der Waals surface area contributed by atoms with Crippen LogP contribution >= 0.6 is 0 Å². The number of ether oxygens (including phenoxy) is 1. The molecule has 112 valence electrons. The van der Waals surface area contributed by atoms with Crippen molar-refractivity contribution in [1.29, 1.82) is 0 Å². The Hall–Kier alpha value is -2.82. The monoisotopic (exact) mass is 295 g/mol. The Labute approximate surface area is 128 Å². The van der Waals surface area contributed by atoms with Gasteiger partial charge in [0.2, 0.25) is 0 Å². The van der Waals surface area contributed by atoms with E-state index in [0.29, 0.717) is 23.3 Å². The summed E-state index contributed by atoms with van der Waals surface area (Å²) >= 11 is 0. The van der Waals surface area contributed by atoms with E-state index in [1.165, 1.54) is 0 Å². The van der Waals surface area contributed by atoms with Crippen LogP contribution in [0.25, 0.3) is 10.9 Å². The van der Waals surface area contributed by atoms with Crippen molar-refractivity contribution in [2.45, 2.75) is 6.54 Å². The number of para-hydroxylation sites is 3. The Balaban J connectivity index is 1.94. The lowest BCUT2D eigenvalue weighted by molar-refractivity contribution is 0.414. The normalized spacial score (nSPS) is 10.6. The molecule has 1 N–H and O–H groups in total. The highest BCUT2D eigenvalue weighted by Crippen LogP contribution is 2.27. The van der Waals surface area contributed by atoms with Crippen LogP contribution in [0.2, 0.25) is 0 Å². The zero-order chi connectivity index (χ0) is 15.5. The average molecular weight is 295 g/mol. The van der Waals surface area contributed by atoms with E-state index in [1.54, 1.807) is 13.2 Å². The molecule has 0 fully saturated rings. The number of H-pyrrole nitrogens is 1. The molecule has 0 aliphatic rings. The molecule has 0 radical (unpaired) electrons. The second kappa shape index (κ2) is 5.89. The van der Waals surface area contributed by atoms with Gasteiger partial charge in [-0.05, 0) is 24.3 Å². The summed E-state index contributed by atoms with van der Waals surface area (Å²) in [5.74, 6) is 1.41. The molecule has 5 heteroatoms. The van der Waals surface area contributed by atoms with E-state index in [4.69, 9.17) is 4.74 Å². The zero-order valence-corrected chi connectivity index (χ0v) is 12.5. The minimum atomic E-state index is -0.117. The number of hydrogen-bond donors (Lipinski definition) is 1. The van der Waals surface area contributed by atoms with Gasteiger partial charge in [-0.1, -0.05) is 24.3 Å². The summed E-state index contributed by atoms with van der Waals surface area (Å²) in [5.41, 5.74) is 1.53. The number of nitrogens with zero attached hydrogens (tertiary/aromatic N) is 2. The van der Waals surface area contributed by atoms with Crippen molar-refractivity contribution >= 4 is 16.6 Å². The second-order valence-corrected chi connectivity index (χ2v) is 5.06. The Morgan fingerprint density at radius 2 is 1.86 bits per heavy atom. The van der Waals surface area contributed by atoms with Gasteiger partial charge >= 0.3 is 0 Å². The molecule has 0 saturated heterocycles. The summed E-state index contributed by atoms with van der Waals surface area (Å²) in [5, 5.41) is 0.603. The molecule has 3 aromatic rings. The molecule has 0 atom stereocenters. The molecule has 0 aliphatic heterocycles. The summed E-state index contributed by atoms with van der Waals surface area (Å²) in [4.78, 5) is 21.5. The number of aromatic nitrogens is 2. The van der Waals surface area contributed by atoms with Crippen molar-refractivity contribution in [2.75, 3.05) is 19.1 Å². The van der Waals surface area contributed by atoms with Crippen LogP contribution in [0, 0.1) is 0 Å². The predicted molar refractivity (Wildman–Crippen MR) is 87.5 cm³/mol. The minimum Gasteiger partial charge on any atom is -0.495 e. The number of aromatic amines is 1. The van der Waals surface area contributed by atoms with Crippen molar-refractivity contribution < 1.29 is 4.74 Å². The predicted octanol–water partition coefficient (Wildman–Crippen LogP) is 2.57. The van der Waals surface area contributed by atoms with Crippen LogP contribution < -0.4 is 15.2 Å². The highest BCUT2D eigenvalue weighted by Gasteiger charge is 2.10. The van der Waals surface area contributed by atoms with E-state index in [1.807, 2.05) is 54.4 Å². The third-order valence-corrected chi connectivity index (χ3v) is 3.55. The van der Waals surface area contributed by atoms with Crippen LogP contribution in [0.3, 0.4) is 0 Å². The Bertz CT molecular complexity index is 858. The number of fused-ring (bicyclic) bond motifs is 1. The summed E-state index contributed by atoms with van der Waals surface area (Å²) in [7, 11) is 3.58. The van der Waals surface area contributed by atoms with Crippen molar-refractivity contribution in [3.63, 3.8) is 0 Å². The van der Waals surface area contributed by atoms with Crippen LogP contribution in [0.5, 0.6) is 5.75 Å². The number of methoxy groups -OCH3 is 1. The lowest BCUT2D eigenvalue weighted by Crippen LogP contribution is -2.22. The summed E-state index contributed by atoms with van der Waals surface area (Å²) in [6, 6.07) is 15.1. The summed E-state index contributed by atoms with van der Waals surface area (Å²) < 4.78 is 5.36. The lowest BCUT2D eigenvalue weighted by Gasteiger charge is -2.21. The summed E-state index contributed by atoms with van der Waals surface area (Å²) in [6.45, 7) is 0.487. The van der Waals surface area contributed by atoms with E-state index < -0.39 is 0 Å². The highest BCUT2D eigenvalue weighted by molar-refractivity contribution is 5.77.